The average molecular weight is 605 g/mol. The number of anilines is 2. The Morgan fingerprint density at radius 1 is 1.14 bits per heavy atom. The van der Waals surface area contributed by atoms with Crippen molar-refractivity contribution >= 4 is 35.2 Å². The highest BCUT2D eigenvalue weighted by molar-refractivity contribution is 6.30. The van der Waals surface area contributed by atoms with Gasteiger partial charge < -0.3 is 31.5 Å². The van der Waals surface area contributed by atoms with Gasteiger partial charge in [0.25, 0.3) is 0 Å². The fourth-order valence-electron chi connectivity index (χ4n) is 5.61. The van der Waals surface area contributed by atoms with Crippen LogP contribution in [0.5, 0.6) is 5.88 Å². The van der Waals surface area contributed by atoms with E-state index in [9.17, 15) is 27.9 Å². The molecule has 2 aliphatic heterocycles. The second-order valence-corrected chi connectivity index (χ2v) is 11.0. The lowest BCUT2D eigenvalue weighted by Crippen LogP contribution is -2.41. The summed E-state index contributed by atoms with van der Waals surface area (Å²) in [6, 6.07) is 10.5. The van der Waals surface area contributed by atoms with Crippen LogP contribution in [0.2, 0.25) is 5.02 Å². The minimum atomic E-state index is -4.88. The number of primary amides is 1. The van der Waals surface area contributed by atoms with E-state index in [2.05, 4.69) is 15.3 Å². The highest BCUT2D eigenvalue weighted by atomic mass is 35.5. The molecule has 6 N–H and O–H groups in total. The molecule has 0 radical (unpaired) electrons. The van der Waals surface area contributed by atoms with E-state index in [1.165, 1.54) is 48.5 Å². The van der Waals surface area contributed by atoms with E-state index >= 15 is 0 Å². The molecule has 2 fully saturated rings. The molecule has 0 aliphatic carbocycles. The Kier molecular flexibility index (Phi) is 7.90. The summed E-state index contributed by atoms with van der Waals surface area (Å²) >= 11 is 6.15. The lowest BCUT2D eigenvalue weighted by molar-refractivity contribution is -0.198. The molecule has 0 saturated carbocycles. The van der Waals surface area contributed by atoms with Crippen LogP contribution in [0.4, 0.5) is 24.9 Å². The lowest BCUT2D eigenvalue weighted by atomic mass is 9.76. The molecule has 2 saturated heterocycles. The Morgan fingerprint density at radius 3 is 2.52 bits per heavy atom. The van der Waals surface area contributed by atoms with Gasteiger partial charge in [0, 0.05) is 41.9 Å². The van der Waals surface area contributed by atoms with Gasteiger partial charge in [-0.2, -0.15) is 23.1 Å². The second kappa shape index (κ2) is 11.3. The van der Waals surface area contributed by atoms with Crippen molar-refractivity contribution in [3.63, 3.8) is 0 Å². The monoisotopic (exact) mass is 604 g/mol. The molecule has 5 rings (SSSR count). The number of nitrogens with zero attached hydrogens (tertiary/aromatic N) is 3. The number of hydrogen-bond acceptors (Lipinski definition) is 8. The maximum atomic E-state index is 14.5. The summed E-state index contributed by atoms with van der Waals surface area (Å²) in [5.41, 5.74) is 11.3. The van der Waals surface area contributed by atoms with Crippen LogP contribution in [0.3, 0.4) is 0 Å². The van der Waals surface area contributed by atoms with Gasteiger partial charge in [0.05, 0.1) is 0 Å². The van der Waals surface area contributed by atoms with Gasteiger partial charge in [-0.25, -0.2) is 0 Å². The summed E-state index contributed by atoms with van der Waals surface area (Å²) < 4.78 is 49.1. The number of piperidine rings is 1. The number of benzene rings is 2. The first kappa shape index (κ1) is 29.4. The summed E-state index contributed by atoms with van der Waals surface area (Å²) in [5.74, 6) is -1.95. The molecule has 1 amide bonds. The van der Waals surface area contributed by atoms with Crippen molar-refractivity contribution in [2.75, 3.05) is 30.3 Å². The highest BCUT2D eigenvalue weighted by Crippen LogP contribution is 2.43. The van der Waals surface area contributed by atoms with Crippen LogP contribution in [0, 0.1) is 5.41 Å². The van der Waals surface area contributed by atoms with Gasteiger partial charge in [-0.15, -0.1) is 0 Å². The van der Waals surface area contributed by atoms with E-state index in [1.807, 2.05) is 4.90 Å². The number of carbonyl (C=O) groups is 2. The number of nitrogen functional groups attached to an aromatic ring is 1. The SMILES string of the molecule is NC(=O)c1cccc(-c2cc(Cl)ccc2C(Oc2cc(N3CCC4(CC3)CN[C@H](C(=O)O)C4)nc(N)n2)C(F)(F)F)c1. The van der Waals surface area contributed by atoms with Gasteiger partial charge in [-0.3, -0.25) is 9.59 Å². The molecule has 1 unspecified atom stereocenters. The van der Waals surface area contributed by atoms with Gasteiger partial charge in [0.2, 0.25) is 23.8 Å². The molecule has 222 valence electrons. The van der Waals surface area contributed by atoms with Crippen LogP contribution in [0.1, 0.15) is 41.3 Å². The number of alkyl halides is 3. The van der Waals surface area contributed by atoms with Gasteiger partial charge >= 0.3 is 12.1 Å². The number of rotatable bonds is 7. The van der Waals surface area contributed by atoms with E-state index in [0.717, 1.165) is 0 Å². The average Bonchev–Trinajstić information content (AvgIpc) is 3.35. The molecular formula is C28H28ClF3N6O4. The molecule has 0 bridgehead atoms. The minimum absolute atomic E-state index is 0.0985. The number of carbonyl (C=O) groups excluding carboxylic acids is 1. The third-order valence-corrected chi connectivity index (χ3v) is 8.04. The van der Waals surface area contributed by atoms with Gasteiger partial charge in [0.15, 0.2) is 0 Å². The highest BCUT2D eigenvalue weighted by Gasteiger charge is 2.46. The van der Waals surface area contributed by atoms with E-state index in [0.29, 0.717) is 50.3 Å². The number of hydrogen-bond donors (Lipinski definition) is 4. The molecule has 2 aliphatic rings. The van der Waals surface area contributed by atoms with Crippen molar-refractivity contribution in [2.24, 2.45) is 11.1 Å². The number of ether oxygens (including phenoxy) is 1. The number of amides is 1. The number of carboxylic acid groups (broad SMARTS) is 1. The van der Waals surface area contributed by atoms with Crippen LogP contribution in [-0.2, 0) is 4.79 Å². The summed E-state index contributed by atoms with van der Waals surface area (Å²) in [6.07, 6.45) is -5.49. The molecule has 3 aromatic rings. The maximum Gasteiger partial charge on any atom is 0.429 e. The Balaban J connectivity index is 1.43. The van der Waals surface area contributed by atoms with Crippen LogP contribution in [-0.4, -0.2) is 58.8 Å². The predicted octanol–water partition coefficient (Wildman–Crippen LogP) is 4.19. The van der Waals surface area contributed by atoms with E-state index in [-0.39, 0.29) is 39.0 Å². The van der Waals surface area contributed by atoms with Gasteiger partial charge in [-0.05, 0) is 60.1 Å². The normalized spacial score (nSPS) is 19.0. The topological polar surface area (TPSA) is 157 Å². The van der Waals surface area contributed by atoms with Crippen LogP contribution >= 0.6 is 11.6 Å². The summed E-state index contributed by atoms with van der Waals surface area (Å²) in [5, 5.41) is 12.6. The number of aliphatic carboxylic acids is 1. The number of nitrogens with two attached hydrogens (primary N) is 2. The number of aromatic nitrogens is 2. The molecule has 3 heterocycles. The molecular weight excluding hydrogens is 577 g/mol. The summed E-state index contributed by atoms with van der Waals surface area (Å²) in [4.78, 5) is 33.1. The Hall–Kier alpha value is -4.10. The molecule has 1 aromatic heterocycles. The predicted molar refractivity (Wildman–Crippen MR) is 149 cm³/mol. The zero-order valence-corrected chi connectivity index (χ0v) is 23.0. The Morgan fingerprint density at radius 2 is 1.88 bits per heavy atom. The van der Waals surface area contributed by atoms with Crippen molar-refractivity contribution in [2.45, 2.75) is 37.6 Å². The molecule has 42 heavy (non-hydrogen) atoms. The van der Waals surface area contributed by atoms with E-state index < -0.39 is 30.2 Å². The molecule has 2 aromatic carbocycles. The molecule has 2 atom stereocenters. The third kappa shape index (κ3) is 6.21. The van der Waals surface area contributed by atoms with Crippen molar-refractivity contribution in [1.29, 1.82) is 0 Å². The molecule has 10 nitrogen and oxygen atoms in total. The number of nitrogens with one attached hydrogen (secondary N) is 1. The van der Waals surface area contributed by atoms with Crippen molar-refractivity contribution in [3.8, 4) is 17.0 Å². The Bertz CT molecular complexity index is 1510. The summed E-state index contributed by atoms with van der Waals surface area (Å²) in [6.45, 7) is 1.59. The van der Waals surface area contributed by atoms with Crippen molar-refractivity contribution < 1.29 is 32.6 Å². The first-order chi connectivity index (χ1) is 19.8. The standard InChI is InChI=1S/C28H28ClF3N6O4/c29-17-4-5-18(19(11-17)15-2-1-3-16(10-15)24(33)39)23(28(30,31)32)42-22-12-21(36-26(34)37-22)38-8-6-27(7-9-38)13-20(25(40)41)35-14-27/h1-5,10-12,20,23,35H,6-9,13-14H2,(H2,33,39)(H,40,41)(H2,34,36,37)/t20-,23?/m0/s1. The zero-order chi connectivity index (χ0) is 30.2. The Labute approximate surface area is 243 Å². The number of halogens is 4. The quantitative estimate of drug-likeness (QED) is 0.310. The number of carboxylic acids is 1. The maximum absolute atomic E-state index is 14.5. The van der Waals surface area contributed by atoms with Gasteiger partial charge in [0.1, 0.15) is 11.9 Å². The van der Waals surface area contributed by atoms with Gasteiger partial charge in [-0.1, -0.05) is 29.8 Å². The van der Waals surface area contributed by atoms with Crippen molar-refractivity contribution in [1.82, 2.24) is 15.3 Å². The minimum Gasteiger partial charge on any atom is -0.480 e. The van der Waals surface area contributed by atoms with E-state index in [1.54, 1.807) is 0 Å². The molecule has 14 heteroatoms. The lowest BCUT2D eigenvalue weighted by Gasteiger charge is -2.39. The largest absolute Gasteiger partial charge is 0.480 e. The van der Waals surface area contributed by atoms with E-state index in [4.69, 9.17) is 27.8 Å². The van der Waals surface area contributed by atoms with Crippen LogP contribution < -0.4 is 26.4 Å². The zero-order valence-electron chi connectivity index (χ0n) is 22.2. The smallest absolute Gasteiger partial charge is 0.429 e. The third-order valence-electron chi connectivity index (χ3n) is 7.81. The fourth-order valence-corrected chi connectivity index (χ4v) is 5.78. The van der Waals surface area contributed by atoms with Crippen molar-refractivity contribution in [3.05, 3.63) is 64.7 Å². The summed E-state index contributed by atoms with van der Waals surface area (Å²) in [7, 11) is 0. The first-order valence-corrected chi connectivity index (χ1v) is 13.5. The fraction of sp³-hybridized carbons (Fsp3) is 0.357. The van der Waals surface area contributed by atoms with Crippen LogP contribution in [0.15, 0.2) is 48.5 Å². The molecule has 1 spiro atoms. The second-order valence-electron chi connectivity index (χ2n) is 10.6. The first-order valence-electron chi connectivity index (χ1n) is 13.1. The van der Waals surface area contributed by atoms with Crippen LogP contribution in [0.25, 0.3) is 11.1 Å².